The van der Waals surface area contributed by atoms with Crippen LogP contribution in [0.1, 0.15) is 23.4 Å². The van der Waals surface area contributed by atoms with Gasteiger partial charge in [0.1, 0.15) is 0 Å². The van der Waals surface area contributed by atoms with Gasteiger partial charge < -0.3 is 9.26 Å². The van der Waals surface area contributed by atoms with E-state index in [1.807, 2.05) is 6.26 Å². The van der Waals surface area contributed by atoms with Gasteiger partial charge in [0.25, 0.3) is 5.82 Å². The van der Waals surface area contributed by atoms with Crippen LogP contribution < -0.4 is 0 Å². The third kappa shape index (κ3) is 3.02. The summed E-state index contributed by atoms with van der Waals surface area (Å²) in [6.07, 6.45) is 2.66. The monoisotopic (exact) mass is 216 g/mol. The maximum atomic E-state index is 11.1. The van der Waals surface area contributed by atoms with Crippen LogP contribution in [0.15, 0.2) is 4.52 Å². The molecule has 0 saturated carbocycles. The Labute approximate surface area is 86.2 Å². The summed E-state index contributed by atoms with van der Waals surface area (Å²) < 4.78 is 9.58. The number of nitrogens with zero attached hydrogens (tertiary/aromatic N) is 2. The van der Waals surface area contributed by atoms with Gasteiger partial charge in [0.15, 0.2) is 0 Å². The van der Waals surface area contributed by atoms with Gasteiger partial charge in [-0.25, -0.2) is 4.79 Å². The van der Waals surface area contributed by atoms with Gasteiger partial charge >= 0.3 is 5.97 Å². The Bertz CT molecular complexity index is 301. The Hall–Kier alpha value is -1.04. The van der Waals surface area contributed by atoms with Crippen LogP contribution in [0.5, 0.6) is 0 Å². The van der Waals surface area contributed by atoms with Crippen molar-refractivity contribution in [2.24, 2.45) is 0 Å². The zero-order chi connectivity index (χ0) is 10.4. The second kappa shape index (κ2) is 5.64. The fourth-order valence-electron chi connectivity index (χ4n) is 0.824. The number of ether oxygens (including phenoxy) is 1. The Balaban J connectivity index is 2.54. The van der Waals surface area contributed by atoms with Gasteiger partial charge in [0.2, 0.25) is 5.89 Å². The van der Waals surface area contributed by atoms with E-state index in [4.69, 9.17) is 9.26 Å². The Morgan fingerprint density at radius 3 is 3.07 bits per heavy atom. The summed E-state index contributed by atoms with van der Waals surface area (Å²) >= 11 is 1.68. The van der Waals surface area contributed by atoms with Crippen molar-refractivity contribution in [2.45, 2.75) is 13.3 Å². The predicted molar refractivity (Wildman–Crippen MR) is 52.3 cm³/mol. The number of hydrogen-bond acceptors (Lipinski definition) is 6. The largest absolute Gasteiger partial charge is 0.460 e. The Morgan fingerprint density at radius 2 is 2.43 bits per heavy atom. The van der Waals surface area contributed by atoms with Crippen molar-refractivity contribution in [1.29, 1.82) is 0 Å². The number of thioether (sulfide) groups is 1. The molecule has 78 valence electrons. The first-order valence-electron chi connectivity index (χ1n) is 4.26. The second-order valence-electron chi connectivity index (χ2n) is 2.47. The molecule has 0 aliphatic rings. The van der Waals surface area contributed by atoms with Crippen molar-refractivity contribution >= 4 is 17.7 Å². The predicted octanol–water partition coefficient (Wildman–Crippen LogP) is 1.15. The number of aromatic nitrogens is 2. The summed E-state index contributed by atoms with van der Waals surface area (Å²) in [5, 5.41) is 3.52. The maximum Gasteiger partial charge on any atom is 0.379 e. The molecule has 14 heavy (non-hydrogen) atoms. The highest BCUT2D eigenvalue weighted by atomic mass is 32.2. The fourth-order valence-corrected chi connectivity index (χ4v) is 1.20. The number of carbonyl (C=O) groups is 1. The van der Waals surface area contributed by atoms with Crippen LogP contribution in [0, 0.1) is 0 Å². The number of carbonyl (C=O) groups excluding carboxylic acids is 1. The van der Waals surface area contributed by atoms with Gasteiger partial charge in [-0.1, -0.05) is 0 Å². The summed E-state index contributed by atoms with van der Waals surface area (Å²) in [5.41, 5.74) is 0. The summed E-state index contributed by atoms with van der Waals surface area (Å²) in [7, 11) is 0. The molecular weight excluding hydrogens is 204 g/mol. The van der Waals surface area contributed by atoms with Gasteiger partial charge in [0, 0.05) is 12.2 Å². The van der Waals surface area contributed by atoms with E-state index < -0.39 is 5.97 Å². The number of hydrogen-bond donors (Lipinski definition) is 0. The fraction of sp³-hybridized carbons (Fsp3) is 0.625. The van der Waals surface area contributed by atoms with Gasteiger partial charge in [-0.3, -0.25) is 0 Å². The number of aryl methyl sites for hydroxylation is 1. The van der Waals surface area contributed by atoms with Crippen LogP contribution in [0.2, 0.25) is 0 Å². The lowest BCUT2D eigenvalue weighted by Crippen LogP contribution is -2.06. The van der Waals surface area contributed by atoms with Crippen molar-refractivity contribution in [3.8, 4) is 0 Å². The molecule has 6 heteroatoms. The maximum absolute atomic E-state index is 11.1. The van der Waals surface area contributed by atoms with Crippen LogP contribution in [0.4, 0.5) is 0 Å². The van der Waals surface area contributed by atoms with Gasteiger partial charge in [-0.2, -0.15) is 16.7 Å². The lowest BCUT2D eigenvalue weighted by atomic mass is 10.5. The molecule has 0 aliphatic carbocycles. The first kappa shape index (κ1) is 11.0. The molecule has 0 aromatic carbocycles. The molecule has 0 atom stereocenters. The highest BCUT2D eigenvalue weighted by molar-refractivity contribution is 7.98. The summed E-state index contributed by atoms with van der Waals surface area (Å²) in [6, 6.07) is 0. The van der Waals surface area contributed by atoms with E-state index in [0.717, 1.165) is 5.75 Å². The third-order valence-electron chi connectivity index (χ3n) is 1.45. The second-order valence-corrected chi connectivity index (χ2v) is 3.46. The molecule has 0 spiro atoms. The van der Waals surface area contributed by atoms with Crippen LogP contribution in [0.25, 0.3) is 0 Å². The van der Waals surface area contributed by atoms with E-state index in [-0.39, 0.29) is 5.82 Å². The molecule has 1 aromatic rings. The van der Waals surface area contributed by atoms with E-state index in [9.17, 15) is 4.79 Å². The van der Waals surface area contributed by atoms with E-state index in [2.05, 4.69) is 10.1 Å². The molecule has 0 bridgehead atoms. The number of esters is 1. The lowest BCUT2D eigenvalue weighted by molar-refractivity contribution is 0.0508. The van der Waals surface area contributed by atoms with Gasteiger partial charge in [-0.05, 0) is 18.3 Å². The van der Waals surface area contributed by atoms with Crippen LogP contribution >= 0.6 is 11.8 Å². The van der Waals surface area contributed by atoms with Crippen molar-refractivity contribution < 1.29 is 14.1 Å². The van der Waals surface area contributed by atoms with Crippen LogP contribution in [0.3, 0.4) is 0 Å². The van der Waals surface area contributed by atoms with Crippen molar-refractivity contribution in [3.63, 3.8) is 0 Å². The minimum atomic E-state index is -0.536. The van der Waals surface area contributed by atoms with Crippen molar-refractivity contribution in [3.05, 3.63) is 11.7 Å². The molecule has 0 N–H and O–H groups in total. The molecule has 0 aliphatic heterocycles. The Morgan fingerprint density at radius 1 is 1.64 bits per heavy atom. The van der Waals surface area contributed by atoms with Crippen LogP contribution in [-0.4, -0.2) is 34.7 Å². The molecular formula is C8H12N2O3S. The molecule has 0 radical (unpaired) electrons. The van der Waals surface area contributed by atoms with E-state index in [1.165, 1.54) is 0 Å². The third-order valence-corrected chi connectivity index (χ3v) is 2.06. The van der Waals surface area contributed by atoms with Crippen LogP contribution in [-0.2, 0) is 11.2 Å². The molecule has 0 fully saturated rings. The SMILES string of the molecule is CCOC(=O)c1noc(CCSC)n1. The van der Waals surface area contributed by atoms with Crippen molar-refractivity contribution in [1.82, 2.24) is 10.1 Å². The molecule has 0 unspecified atom stereocenters. The summed E-state index contributed by atoms with van der Waals surface area (Å²) in [4.78, 5) is 15.0. The topological polar surface area (TPSA) is 65.2 Å². The summed E-state index contributed by atoms with van der Waals surface area (Å²) in [6.45, 7) is 2.04. The van der Waals surface area contributed by atoms with E-state index >= 15 is 0 Å². The van der Waals surface area contributed by atoms with Gasteiger partial charge in [-0.15, -0.1) is 0 Å². The van der Waals surface area contributed by atoms with E-state index in [0.29, 0.717) is 18.9 Å². The van der Waals surface area contributed by atoms with Crippen molar-refractivity contribution in [2.75, 3.05) is 18.6 Å². The molecule has 5 nitrogen and oxygen atoms in total. The molecule has 1 aromatic heterocycles. The highest BCUT2D eigenvalue weighted by Gasteiger charge is 2.14. The molecule has 1 heterocycles. The van der Waals surface area contributed by atoms with E-state index in [1.54, 1.807) is 18.7 Å². The lowest BCUT2D eigenvalue weighted by Gasteiger charge is -1.93. The smallest absolute Gasteiger partial charge is 0.379 e. The number of rotatable bonds is 5. The molecule has 0 saturated heterocycles. The summed E-state index contributed by atoms with van der Waals surface area (Å²) in [5.74, 6) is 0.835. The normalized spacial score (nSPS) is 10.1. The average Bonchev–Trinajstić information content (AvgIpc) is 2.63. The zero-order valence-electron chi connectivity index (χ0n) is 8.15. The first-order chi connectivity index (χ1) is 6.77. The average molecular weight is 216 g/mol. The minimum absolute atomic E-state index is 0.00273. The van der Waals surface area contributed by atoms with Gasteiger partial charge in [0.05, 0.1) is 6.61 Å². The molecule has 0 amide bonds. The first-order valence-corrected chi connectivity index (χ1v) is 5.66. The molecule has 1 rings (SSSR count). The standard InChI is InChI=1S/C8H12N2O3S/c1-3-12-8(11)7-9-6(13-10-7)4-5-14-2/h3-5H2,1-2H3. The zero-order valence-corrected chi connectivity index (χ0v) is 8.97. The highest BCUT2D eigenvalue weighted by Crippen LogP contribution is 2.03. The quantitative estimate of drug-likeness (QED) is 0.688. The minimum Gasteiger partial charge on any atom is -0.460 e. The Kier molecular flexibility index (Phi) is 4.45.